The Bertz CT molecular complexity index is 301. The SMILES string of the molecule is ClC(CCCCc1ccccc1)C1CCCC1. The first kappa shape index (κ1) is 13.0. The summed E-state index contributed by atoms with van der Waals surface area (Å²) >= 11 is 6.47. The van der Waals surface area contributed by atoms with E-state index < -0.39 is 0 Å². The van der Waals surface area contributed by atoms with Crippen molar-refractivity contribution in [1.29, 1.82) is 0 Å². The molecule has 0 aromatic heterocycles. The quantitative estimate of drug-likeness (QED) is 0.481. The Morgan fingerprint density at radius 1 is 1.06 bits per heavy atom. The Morgan fingerprint density at radius 3 is 2.47 bits per heavy atom. The molecule has 1 saturated carbocycles. The molecule has 94 valence electrons. The number of hydrogen-bond acceptors (Lipinski definition) is 0. The van der Waals surface area contributed by atoms with Gasteiger partial charge in [0.05, 0.1) is 0 Å². The van der Waals surface area contributed by atoms with Crippen molar-refractivity contribution in [3.8, 4) is 0 Å². The van der Waals surface area contributed by atoms with Gasteiger partial charge in [0.2, 0.25) is 0 Å². The normalized spacial score (nSPS) is 18.4. The second-order valence-corrected chi connectivity index (χ2v) is 5.85. The van der Waals surface area contributed by atoms with Crippen LogP contribution in [0.2, 0.25) is 0 Å². The largest absolute Gasteiger partial charge is 0.123 e. The predicted octanol–water partition coefficient (Wildman–Crippen LogP) is 5.20. The molecule has 0 bridgehead atoms. The summed E-state index contributed by atoms with van der Waals surface area (Å²) in [6, 6.07) is 10.8. The molecule has 17 heavy (non-hydrogen) atoms. The number of aryl methyl sites for hydroxylation is 1. The van der Waals surface area contributed by atoms with Crippen LogP contribution in [0, 0.1) is 5.92 Å². The third-order valence-corrected chi connectivity index (χ3v) is 4.52. The maximum absolute atomic E-state index is 6.47. The Balaban J connectivity index is 1.59. The van der Waals surface area contributed by atoms with Gasteiger partial charge in [-0.25, -0.2) is 0 Å². The highest BCUT2D eigenvalue weighted by atomic mass is 35.5. The van der Waals surface area contributed by atoms with Crippen molar-refractivity contribution in [2.45, 2.75) is 56.7 Å². The van der Waals surface area contributed by atoms with Gasteiger partial charge in [0.25, 0.3) is 0 Å². The molecule has 0 spiro atoms. The minimum absolute atomic E-state index is 0.438. The van der Waals surface area contributed by atoms with Gasteiger partial charge >= 0.3 is 0 Å². The van der Waals surface area contributed by atoms with Crippen LogP contribution < -0.4 is 0 Å². The Labute approximate surface area is 110 Å². The summed E-state index contributed by atoms with van der Waals surface area (Å²) in [6.45, 7) is 0. The van der Waals surface area contributed by atoms with E-state index in [1.807, 2.05) is 0 Å². The molecular formula is C16H23Cl. The number of rotatable bonds is 6. The predicted molar refractivity (Wildman–Crippen MR) is 75.6 cm³/mol. The van der Waals surface area contributed by atoms with E-state index in [0.717, 1.165) is 5.92 Å². The van der Waals surface area contributed by atoms with Crippen LogP contribution in [0.3, 0.4) is 0 Å². The fourth-order valence-corrected chi connectivity index (χ4v) is 3.27. The molecule has 1 aromatic rings. The van der Waals surface area contributed by atoms with Gasteiger partial charge < -0.3 is 0 Å². The lowest BCUT2D eigenvalue weighted by Gasteiger charge is -2.16. The zero-order valence-electron chi connectivity index (χ0n) is 10.6. The number of benzene rings is 1. The number of hydrogen-bond donors (Lipinski definition) is 0. The molecule has 0 heterocycles. The van der Waals surface area contributed by atoms with Crippen molar-refractivity contribution in [1.82, 2.24) is 0 Å². The number of unbranched alkanes of at least 4 members (excludes halogenated alkanes) is 1. The van der Waals surface area contributed by atoms with Gasteiger partial charge in [-0.15, -0.1) is 11.6 Å². The van der Waals surface area contributed by atoms with Crippen LogP contribution >= 0.6 is 11.6 Å². The minimum Gasteiger partial charge on any atom is -0.123 e. The molecular weight excluding hydrogens is 228 g/mol. The highest BCUT2D eigenvalue weighted by Gasteiger charge is 2.22. The monoisotopic (exact) mass is 250 g/mol. The van der Waals surface area contributed by atoms with E-state index in [2.05, 4.69) is 30.3 Å². The molecule has 0 saturated heterocycles. The third-order valence-electron chi connectivity index (χ3n) is 3.95. The summed E-state index contributed by atoms with van der Waals surface area (Å²) in [6.07, 6.45) is 10.5. The zero-order valence-corrected chi connectivity index (χ0v) is 11.3. The fourth-order valence-electron chi connectivity index (χ4n) is 2.87. The molecule has 1 atom stereocenters. The van der Waals surface area contributed by atoms with E-state index in [-0.39, 0.29) is 0 Å². The smallest absolute Gasteiger partial charge is 0.0364 e. The molecule has 0 aliphatic heterocycles. The summed E-state index contributed by atoms with van der Waals surface area (Å²) in [5.41, 5.74) is 1.46. The standard InChI is InChI=1S/C16H23Cl/c17-16(15-11-5-6-12-15)13-7-4-10-14-8-2-1-3-9-14/h1-3,8-9,15-16H,4-7,10-13H2. The molecule has 1 fully saturated rings. The van der Waals surface area contributed by atoms with Gasteiger partial charge in [-0.3, -0.25) is 0 Å². The minimum atomic E-state index is 0.438. The first-order valence-electron chi connectivity index (χ1n) is 7.04. The topological polar surface area (TPSA) is 0 Å². The van der Waals surface area contributed by atoms with Crippen molar-refractivity contribution in [2.75, 3.05) is 0 Å². The second kappa shape index (κ2) is 7.06. The average Bonchev–Trinajstić information content (AvgIpc) is 2.89. The highest BCUT2D eigenvalue weighted by Crippen LogP contribution is 2.32. The van der Waals surface area contributed by atoms with E-state index in [0.29, 0.717) is 5.38 Å². The van der Waals surface area contributed by atoms with E-state index in [1.165, 1.54) is 56.9 Å². The first-order valence-corrected chi connectivity index (χ1v) is 7.48. The van der Waals surface area contributed by atoms with E-state index in [4.69, 9.17) is 11.6 Å². The van der Waals surface area contributed by atoms with Crippen molar-refractivity contribution < 1.29 is 0 Å². The number of halogens is 1. The average molecular weight is 251 g/mol. The summed E-state index contributed by atoms with van der Waals surface area (Å²) in [4.78, 5) is 0. The molecule has 0 amide bonds. The Kier molecular flexibility index (Phi) is 5.38. The first-order chi connectivity index (χ1) is 8.36. The van der Waals surface area contributed by atoms with Crippen LogP contribution in [-0.4, -0.2) is 5.38 Å². The summed E-state index contributed by atoms with van der Waals surface area (Å²) in [5, 5.41) is 0.438. The van der Waals surface area contributed by atoms with Crippen LogP contribution in [0.1, 0.15) is 50.5 Å². The maximum atomic E-state index is 6.47. The van der Waals surface area contributed by atoms with E-state index in [9.17, 15) is 0 Å². The molecule has 2 rings (SSSR count). The molecule has 1 aliphatic carbocycles. The van der Waals surface area contributed by atoms with Crippen LogP contribution in [0.5, 0.6) is 0 Å². The molecule has 1 unspecified atom stereocenters. The Morgan fingerprint density at radius 2 is 1.76 bits per heavy atom. The van der Waals surface area contributed by atoms with Gasteiger partial charge in [0, 0.05) is 5.38 Å². The molecule has 0 radical (unpaired) electrons. The molecule has 1 heteroatoms. The van der Waals surface area contributed by atoms with Gasteiger partial charge in [0.15, 0.2) is 0 Å². The zero-order chi connectivity index (χ0) is 11.9. The van der Waals surface area contributed by atoms with Gasteiger partial charge in [-0.1, -0.05) is 49.6 Å². The van der Waals surface area contributed by atoms with E-state index in [1.54, 1.807) is 0 Å². The van der Waals surface area contributed by atoms with Gasteiger partial charge in [0.1, 0.15) is 0 Å². The van der Waals surface area contributed by atoms with Gasteiger partial charge in [-0.2, -0.15) is 0 Å². The Hall–Kier alpha value is -0.490. The fraction of sp³-hybridized carbons (Fsp3) is 0.625. The van der Waals surface area contributed by atoms with Crippen molar-refractivity contribution in [2.24, 2.45) is 5.92 Å². The molecule has 0 nitrogen and oxygen atoms in total. The van der Waals surface area contributed by atoms with Crippen molar-refractivity contribution in [3.05, 3.63) is 35.9 Å². The van der Waals surface area contributed by atoms with Crippen LogP contribution in [0.15, 0.2) is 30.3 Å². The second-order valence-electron chi connectivity index (χ2n) is 5.29. The van der Waals surface area contributed by atoms with Gasteiger partial charge in [-0.05, 0) is 43.6 Å². The molecule has 1 aliphatic rings. The highest BCUT2D eigenvalue weighted by molar-refractivity contribution is 6.20. The van der Waals surface area contributed by atoms with E-state index >= 15 is 0 Å². The lowest BCUT2D eigenvalue weighted by Crippen LogP contribution is -2.11. The lowest BCUT2D eigenvalue weighted by molar-refractivity contribution is 0.476. The maximum Gasteiger partial charge on any atom is 0.0364 e. The summed E-state index contributed by atoms with van der Waals surface area (Å²) in [5.74, 6) is 0.813. The van der Waals surface area contributed by atoms with Crippen LogP contribution in [0.25, 0.3) is 0 Å². The number of alkyl halides is 1. The van der Waals surface area contributed by atoms with Crippen LogP contribution in [0.4, 0.5) is 0 Å². The van der Waals surface area contributed by atoms with Crippen LogP contribution in [-0.2, 0) is 6.42 Å². The summed E-state index contributed by atoms with van der Waals surface area (Å²) in [7, 11) is 0. The third kappa shape index (κ3) is 4.35. The van der Waals surface area contributed by atoms with Crippen molar-refractivity contribution >= 4 is 11.6 Å². The lowest BCUT2D eigenvalue weighted by atomic mass is 9.98. The summed E-state index contributed by atoms with van der Waals surface area (Å²) < 4.78 is 0. The van der Waals surface area contributed by atoms with Crippen molar-refractivity contribution in [3.63, 3.8) is 0 Å². The molecule has 0 N–H and O–H groups in total. The molecule has 1 aromatic carbocycles.